The van der Waals surface area contributed by atoms with Crippen LogP contribution in [0.4, 0.5) is 4.39 Å². The van der Waals surface area contributed by atoms with E-state index in [0.717, 1.165) is 24.9 Å². The molecule has 2 heterocycles. The summed E-state index contributed by atoms with van der Waals surface area (Å²) in [6.07, 6.45) is 4.23. The number of hydrogen-bond donors (Lipinski definition) is 1. The number of furan rings is 1. The normalized spacial score (nSPS) is 16.8. The monoisotopic (exact) mass is 344 g/mol. The number of halogens is 1. The Morgan fingerprint density at radius 3 is 2.76 bits per heavy atom. The Kier molecular flexibility index (Phi) is 5.48. The molecule has 0 radical (unpaired) electrons. The maximum Gasteiger partial charge on any atom is 0.286 e. The summed E-state index contributed by atoms with van der Waals surface area (Å²) in [4.78, 5) is 26.1. The van der Waals surface area contributed by atoms with E-state index in [0.29, 0.717) is 19.4 Å². The maximum absolute atomic E-state index is 13.1. The number of carbonyl (C=O) groups excluding carboxylic acids is 2. The van der Waals surface area contributed by atoms with Gasteiger partial charge in [-0.05, 0) is 49.1 Å². The van der Waals surface area contributed by atoms with Crippen LogP contribution in [0, 0.1) is 5.82 Å². The topological polar surface area (TPSA) is 62.6 Å². The van der Waals surface area contributed by atoms with Crippen LogP contribution < -0.4 is 5.32 Å². The van der Waals surface area contributed by atoms with Crippen molar-refractivity contribution in [3.8, 4) is 0 Å². The van der Waals surface area contributed by atoms with Crippen LogP contribution in [-0.4, -0.2) is 29.8 Å². The van der Waals surface area contributed by atoms with Gasteiger partial charge in [-0.15, -0.1) is 0 Å². The highest BCUT2D eigenvalue weighted by Crippen LogP contribution is 2.32. The molecule has 1 unspecified atom stereocenters. The van der Waals surface area contributed by atoms with Crippen molar-refractivity contribution in [1.82, 2.24) is 10.2 Å². The number of amides is 2. The molecular weight excluding hydrogens is 323 g/mol. The molecule has 1 aliphatic heterocycles. The zero-order chi connectivity index (χ0) is 17.6. The first kappa shape index (κ1) is 17.2. The number of nitrogens with one attached hydrogen (secondary N) is 1. The van der Waals surface area contributed by atoms with Crippen molar-refractivity contribution in [1.29, 1.82) is 0 Å². The Hall–Kier alpha value is -2.63. The molecule has 1 saturated heterocycles. The summed E-state index contributed by atoms with van der Waals surface area (Å²) in [5.41, 5.74) is 0.971. The molecule has 1 fully saturated rings. The first-order valence-electron chi connectivity index (χ1n) is 8.52. The van der Waals surface area contributed by atoms with Crippen LogP contribution >= 0.6 is 0 Å². The first-order valence-corrected chi connectivity index (χ1v) is 8.52. The number of carbonyl (C=O) groups is 2. The second-order valence-corrected chi connectivity index (χ2v) is 6.13. The molecule has 0 saturated carbocycles. The molecule has 25 heavy (non-hydrogen) atoms. The van der Waals surface area contributed by atoms with Crippen LogP contribution in [0.15, 0.2) is 47.1 Å². The second kappa shape index (κ2) is 7.96. The third-order valence-corrected chi connectivity index (χ3v) is 4.43. The third-order valence-electron chi connectivity index (χ3n) is 4.43. The Morgan fingerprint density at radius 2 is 2.04 bits per heavy atom. The minimum absolute atomic E-state index is 0.0193. The van der Waals surface area contributed by atoms with Crippen LogP contribution in [-0.2, 0) is 4.79 Å². The van der Waals surface area contributed by atoms with Crippen molar-refractivity contribution in [2.75, 3.05) is 13.1 Å². The van der Waals surface area contributed by atoms with Crippen molar-refractivity contribution in [2.45, 2.75) is 31.7 Å². The molecule has 0 bridgehead atoms. The van der Waals surface area contributed by atoms with Gasteiger partial charge in [0.1, 0.15) is 5.82 Å². The van der Waals surface area contributed by atoms with E-state index in [1.165, 1.54) is 18.4 Å². The third kappa shape index (κ3) is 4.26. The molecule has 0 aliphatic carbocycles. The Labute approximate surface area is 145 Å². The summed E-state index contributed by atoms with van der Waals surface area (Å²) in [5, 5.41) is 2.74. The smallest absolute Gasteiger partial charge is 0.286 e. The molecule has 3 rings (SSSR count). The van der Waals surface area contributed by atoms with E-state index in [4.69, 9.17) is 4.42 Å². The average molecular weight is 344 g/mol. The van der Waals surface area contributed by atoms with E-state index in [2.05, 4.69) is 5.32 Å². The van der Waals surface area contributed by atoms with Gasteiger partial charge in [0.2, 0.25) is 5.91 Å². The molecule has 1 aromatic heterocycles. The largest absolute Gasteiger partial charge is 0.459 e. The lowest BCUT2D eigenvalue weighted by Crippen LogP contribution is -2.31. The highest BCUT2D eigenvalue weighted by molar-refractivity contribution is 5.91. The summed E-state index contributed by atoms with van der Waals surface area (Å²) in [7, 11) is 0. The predicted octanol–water partition coefficient (Wildman–Crippen LogP) is 3.29. The minimum atomic E-state index is -0.275. The quantitative estimate of drug-likeness (QED) is 0.818. The predicted molar refractivity (Wildman–Crippen MR) is 90.4 cm³/mol. The summed E-state index contributed by atoms with van der Waals surface area (Å²) in [5.74, 6) is -0.212. The van der Waals surface area contributed by atoms with E-state index >= 15 is 0 Å². The maximum atomic E-state index is 13.1. The van der Waals surface area contributed by atoms with Crippen molar-refractivity contribution < 1.29 is 18.4 Å². The zero-order valence-electron chi connectivity index (χ0n) is 13.9. The van der Waals surface area contributed by atoms with E-state index in [9.17, 15) is 14.0 Å². The van der Waals surface area contributed by atoms with Crippen LogP contribution in [0.25, 0.3) is 0 Å². The van der Waals surface area contributed by atoms with Gasteiger partial charge in [0, 0.05) is 19.5 Å². The molecule has 1 atom stereocenters. The van der Waals surface area contributed by atoms with Crippen LogP contribution in [0.1, 0.15) is 47.8 Å². The van der Waals surface area contributed by atoms with E-state index < -0.39 is 0 Å². The van der Waals surface area contributed by atoms with Crippen LogP contribution in [0.2, 0.25) is 0 Å². The van der Waals surface area contributed by atoms with Gasteiger partial charge in [-0.2, -0.15) is 0 Å². The number of nitrogens with zero attached hydrogens (tertiary/aromatic N) is 1. The van der Waals surface area contributed by atoms with Gasteiger partial charge >= 0.3 is 0 Å². The highest BCUT2D eigenvalue weighted by atomic mass is 19.1. The summed E-state index contributed by atoms with van der Waals surface area (Å²) < 4.78 is 18.1. The van der Waals surface area contributed by atoms with E-state index in [1.54, 1.807) is 24.3 Å². The number of hydrogen-bond acceptors (Lipinski definition) is 3. The summed E-state index contributed by atoms with van der Waals surface area (Å²) in [6, 6.07) is 9.62. The van der Waals surface area contributed by atoms with Gasteiger partial charge in [-0.1, -0.05) is 12.1 Å². The Morgan fingerprint density at radius 1 is 1.24 bits per heavy atom. The van der Waals surface area contributed by atoms with Crippen LogP contribution in [0.3, 0.4) is 0 Å². The molecule has 1 aliphatic rings. The molecule has 5 nitrogen and oxygen atoms in total. The number of likely N-dealkylation sites (tertiary alicyclic amines) is 1. The van der Waals surface area contributed by atoms with Gasteiger partial charge in [-0.3, -0.25) is 9.59 Å². The van der Waals surface area contributed by atoms with E-state index in [-0.39, 0.29) is 29.4 Å². The lowest BCUT2D eigenvalue weighted by Gasteiger charge is -2.25. The number of rotatable bonds is 6. The van der Waals surface area contributed by atoms with Crippen molar-refractivity contribution in [2.24, 2.45) is 0 Å². The first-order chi connectivity index (χ1) is 12.1. The van der Waals surface area contributed by atoms with Gasteiger partial charge < -0.3 is 14.6 Å². The fourth-order valence-electron chi connectivity index (χ4n) is 3.18. The second-order valence-electron chi connectivity index (χ2n) is 6.13. The van der Waals surface area contributed by atoms with Gasteiger partial charge in [0.15, 0.2) is 5.76 Å². The number of benzene rings is 1. The zero-order valence-corrected chi connectivity index (χ0v) is 13.9. The van der Waals surface area contributed by atoms with Gasteiger partial charge in [-0.25, -0.2) is 4.39 Å². The summed E-state index contributed by atoms with van der Waals surface area (Å²) in [6.45, 7) is 1.14. The molecule has 0 spiro atoms. The highest BCUT2D eigenvalue weighted by Gasteiger charge is 2.29. The van der Waals surface area contributed by atoms with Crippen molar-refractivity contribution in [3.63, 3.8) is 0 Å². The SMILES string of the molecule is O=C(NCCCC(=O)N1CCCC1c1ccc(F)cc1)c1ccco1. The lowest BCUT2D eigenvalue weighted by atomic mass is 10.0. The molecule has 132 valence electrons. The van der Waals surface area contributed by atoms with Gasteiger partial charge in [0.25, 0.3) is 5.91 Å². The molecular formula is C19H21FN2O3. The fraction of sp³-hybridized carbons (Fsp3) is 0.368. The standard InChI is InChI=1S/C19H21FN2O3/c20-15-9-7-14(8-10-15)16-4-2-12-22(16)18(23)6-1-11-21-19(24)17-5-3-13-25-17/h3,5,7-10,13,16H,1-2,4,6,11-12H2,(H,21,24). The van der Waals surface area contributed by atoms with Gasteiger partial charge in [0.05, 0.1) is 12.3 Å². The average Bonchev–Trinajstić information content (AvgIpc) is 3.30. The molecule has 1 aromatic carbocycles. The minimum Gasteiger partial charge on any atom is -0.459 e. The summed E-state index contributed by atoms with van der Waals surface area (Å²) >= 11 is 0. The van der Waals surface area contributed by atoms with E-state index in [1.807, 2.05) is 4.90 Å². The molecule has 6 heteroatoms. The molecule has 1 N–H and O–H groups in total. The molecule has 2 amide bonds. The Bertz CT molecular complexity index is 713. The fourth-order valence-corrected chi connectivity index (χ4v) is 3.18. The van der Waals surface area contributed by atoms with Crippen LogP contribution in [0.5, 0.6) is 0 Å². The lowest BCUT2D eigenvalue weighted by molar-refractivity contribution is -0.132. The Balaban J connectivity index is 1.47. The molecule has 2 aromatic rings. The van der Waals surface area contributed by atoms with Crippen molar-refractivity contribution >= 4 is 11.8 Å². The van der Waals surface area contributed by atoms with Crippen molar-refractivity contribution in [3.05, 3.63) is 59.8 Å².